The van der Waals surface area contributed by atoms with Gasteiger partial charge in [0.1, 0.15) is 11.5 Å². The number of carboxylic acids is 1. The van der Waals surface area contributed by atoms with Gasteiger partial charge in [0, 0.05) is 5.56 Å². The zero-order chi connectivity index (χ0) is 17.7. The minimum absolute atomic E-state index is 0.0789. The number of phenols is 2. The van der Waals surface area contributed by atoms with E-state index < -0.39 is 24.0 Å². The van der Waals surface area contributed by atoms with E-state index in [1.54, 1.807) is 24.3 Å². The number of para-hydroxylation sites is 1. The Balaban J connectivity index is 2.09. The molecular weight excluding hydrogens is 312 g/mol. The van der Waals surface area contributed by atoms with Crippen LogP contribution in [0.2, 0.25) is 0 Å². The highest BCUT2D eigenvalue weighted by atomic mass is 16.4. The Labute approximate surface area is 138 Å². The van der Waals surface area contributed by atoms with Gasteiger partial charge >= 0.3 is 5.97 Å². The lowest BCUT2D eigenvalue weighted by atomic mass is 10.0. The highest BCUT2D eigenvalue weighted by Crippen LogP contribution is 2.24. The summed E-state index contributed by atoms with van der Waals surface area (Å²) < 4.78 is 0. The first-order valence-corrected chi connectivity index (χ1v) is 7.23. The standard InChI is InChI=1S/C17H18N2O5/c18-13(9-10-5-7-11(20)8-6-10)16(22)19-15(17(23)24)12-3-1-2-4-14(12)21/h1-8,13,15,20-21H,9,18H2,(H,19,22)(H,23,24)/t13-,15?/m0/s1. The second-order valence-corrected chi connectivity index (χ2v) is 5.32. The Morgan fingerprint density at radius 2 is 1.67 bits per heavy atom. The van der Waals surface area contributed by atoms with Crippen LogP contribution < -0.4 is 11.1 Å². The summed E-state index contributed by atoms with van der Waals surface area (Å²) >= 11 is 0. The van der Waals surface area contributed by atoms with Crippen LogP contribution >= 0.6 is 0 Å². The Morgan fingerprint density at radius 1 is 1.04 bits per heavy atom. The quantitative estimate of drug-likeness (QED) is 0.535. The number of hydrogen-bond acceptors (Lipinski definition) is 5. The molecule has 24 heavy (non-hydrogen) atoms. The summed E-state index contributed by atoms with van der Waals surface area (Å²) in [4.78, 5) is 23.6. The van der Waals surface area contributed by atoms with Crippen LogP contribution in [0.5, 0.6) is 11.5 Å². The van der Waals surface area contributed by atoms with Gasteiger partial charge in [0.2, 0.25) is 5.91 Å². The fourth-order valence-corrected chi connectivity index (χ4v) is 2.23. The first-order chi connectivity index (χ1) is 11.4. The van der Waals surface area contributed by atoms with Gasteiger partial charge in [-0.25, -0.2) is 4.79 Å². The molecule has 6 N–H and O–H groups in total. The monoisotopic (exact) mass is 330 g/mol. The summed E-state index contributed by atoms with van der Waals surface area (Å²) in [5, 5.41) is 30.6. The summed E-state index contributed by atoms with van der Waals surface area (Å²) in [6, 6.07) is 9.70. The number of aromatic hydroxyl groups is 2. The molecule has 0 saturated heterocycles. The third-order valence-electron chi connectivity index (χ3n) is 3.51. The number of amides is 1. The van der Waals surface area contributed by atoms with Crippen molar-refractivity contribution in [2.45, 2.75) is 18.5 Å². The van der Waals surface area contributed by atoms with Crippen molar-refractivity contribution in [3.05, 3.63) is 59.7 Å². The predicted molar refractivity (Wildman–Crippen MR) is 86.4 cm³/mol. The number of hydrogen-bond donors (Lipinski definition) is 5. The number of phenolic OH excluding ortho intramolecular Hbond substituents is 2. The van der Waals surface area contributed by atoms with Crippen LogP contribution in [-0.4, -0.2) is 33.2 Å². The first-order valence-electron chi connectivity index (χ1n) is 7.23. The van der Waals surface area contributed by atoms with E-state index in [4.69, 9.17) is 5.73 Å². The molecule has 2 aromatic rings. The molecule has 0 spiro atoms. The molecule has 7 nitrogen and oxygen atoms in total. The van der Waals surface area contributed by atoms with Crippen LogP contribution in [0, 0.1) is 0 Å². The minimum Gasteiger partial charge on any atom is -0.508 e. The molecule has 2 aromatic carbocycles. The largest absolute Gasteiger partial charge is 0.508 e. The summed E-state index contributed by atoms with van der Waals surface area (Å²) in [5.74, 6) is -2.08. The number of nitrogens with two attached hydrogens (primary N) is 1. The molecule has 0 aromatic heterocycles. The van der Waals surface area contributed by atoms with Gasteiger partial charge in [-0.2, -0.15) is 0 Å². The number of benzene rings is 2. The van der Waals surface area contributed by atoms with Crippen molar-refractivity contribution < 1.29 is 24.9 Å². The Bertz CT molecular complexity index is 730. The number of nitrogens with one attached hydrogen (secondary N) is 1. The van der Waals surface area contributed by atoms with Gasteiger partial charge in [0.05, 0.1) is 6.04 Å². The molecule has 0 fully saturated rings. The van der Waals surface area contributed by atoms with E-state index in [1.165, 1.54) is 24.3 Å². The van der Waals surface area contributed by atoms with Gasteiger partial charge in [0.25, 0.3) is 0 Å². The van der Waals surface area contributed by atoms with Crippen molar-refractivity contribution in [3.63, 3.8) is 0 Å². The van der Waals surface area contributed by atoms with Gasteiger partial charge in [-0.3, -0.25) is 4.79 Å². The smallest absolute Gasteiger partial charge is 0.331 e. The van der Waals surface area contributed by atoms with Gasteiger partial charge < -0.3 is 26.4 Å². The van der Waals surface area contributed by atoms with Crippen LogP contribution in [0.3, 0.4) is 0 Å². The molecule has 0 bridgehead atoms. The lowest BCUT2D eigenvalue weighted by Gasteiger charge is -2.19. The van der Waals surface area contributed by atoms with E-state index in [1.807, 2.05) is 0 Å². The van der Waals surface area contributed by atoms with Gasteiger partial charge in [-0.05, 0) is 30.2 Å². The van der Waals surface area contributed by atoms with Gasteiger partial charge in [-0.1, -0.05) is 30.3 Å². The first kappa shape index (κ1) is 17.3. The van der Waals surface area contributed by atoms with Crippen LogP contribution in [0.1, 0.15) is 17.2 Å². The van der Waals surface area contributed by atoms with Crippen LogP contribution in [0.4, 0.5) is 0 Å². The molecule has 1 unspecified atom stereocenters. The molecule has 7 heteroatoms. The molecule has 2 rings (SSSR count). The van der Waals surface area contributed by atoms with Crippen LogP contribution in [0.25, 0.3) is 0 Å². The normalized spacial score (nSPS) is 13.0. The lowest BCUT2D eigenvalue weighted by molar-refractivity contribution is -0.142. The predicted octanol–water partition coefficient (Wildman–Crippen LogP) is 0.910. The van der Waals surface area contributed by atoms with E-state index in [2.05, 4.69) is 5.32 Å². The molecule has 0 aliphatic heterocycles. The van der Waals surface area contributed by atoms with Gasteiger partial charge in [-0.15, -0.1) is 0 Å². The maximum Gasteiger partial charge on any atom is 0.331 e. The maximum atomic E-state index is 12.2. The summed E-state index contributed by atoms with van der Waals surface area (Å²) in [7, 11) is 0. The van der Waals surface area contributed by atoms with Crippen molar-refractivity contribution in [1.82, 2.24) is 5.32 Å². The topological polar surface area (TPSA) is 133 Å². The minimum atomic E-state index is -1.40. The number of carbonyl (C=O) groups is 2. The molecule has 1 amide bonds. The summed E-state index contributed by atoms with van der Waals surface area (Å²) in [5.41, 5.74) is 6.63. The van der Waals surface area contributed by atoms with E-state index in [0.717, 1.165) is 5.56 Å². The maximum absolute atomic E-state index is 12.2. The van der Waals surface area contributed by atoms with Crippen molar-refractivity contribution in [1.29, 1.82) is 0 Å². The summed E-state index contributed by atoms with van der Waals surface area (Å²) in [6.07, 6.45) is 0.180. The third kappa shape index (κ3) is 4.23. The SMILES string of the molecule is N[C@@H](Cc1ccc(O)cc1)C(=O)NC(C(=O)O)c1ccccc1O. The molecule has 2 atom stereocenters. The van der Waals surface area contributed by atoms with Gasteiger partial charge in [0.15, 0.2) is 6.04 Å². The molecule has 0 aliphatic rings. The van der Waals surface area contributed by atoms with E-state index in [-0.39, 0.29) is 23.5 Å². The molecule has 0 aliphatic carbocycles. The zero-order valence-corrected chi connectivity index (χ0v) is 12.7. The number of rotatable bonds is 6. The van der Waals surface area contributed by atoms with E-state index in [9.17, 15) is 24.9 Å². The highest BCUT2D eigenvalue weighted by molar-refractivity contribution is 5.88. The molecular formula is C17H18N2O5. The highest BCUT2D eigenvalue weighted by Gasteiger charge is 2.26. The Kier molecular flexibility index (Phi) is 5.39. The van der Waals surface area contributed by atoms with Crippen molar-refractivity contribution in [2.75, 3.05) is 0 Å². The summed E-state index contributed by atoms with van der Waals surface area (Å²) in [6.45, 7) is 0. The average molecular weight is 330 g/mol. The van der Waals surface area contributed by atoms with Crippen molar-refractivity contribution >= 4 is 11.9 Å². The van der Waals surface area contributed by atoms with Crippen LogP contribution in [-0.2, 0) is 16.0 Å². The van der Waals surface area contributed by atoms with Crippen molar-refractivity contribution in [3.8, 4) is 11.5 Å². The Morgan fingerprint density at radius 3 is 2.25 bits per heavy atom. The second-order valence-electron chi connectivity index (χ2n) is 5.32. The number of carbonyl (C=O) groups excluding carboxylic acids is 1. The lowest BCUT2D eigenvalue weighted by Crippen LogP contribution is -2.45. The van der Waals surface area contributed by atoms with E-state index >= 15 is 0 Å². The average Bonchev–Trinajstić information content (AvgIpc) is 2.55. The zero-order valence-electron chi connectivity index (χ0n) is 12.7. The number of carboxylic acid groups (broad SMARTS) is 1. The number of aliphatic carboxylic acids is 1. The molecule has 0 radical (unpaired) electrons. The molecule has 0 heterocycles. The third-order valence-corrected chi connectivity index (χ3v) is 3.51. The molecule has 126 valence electrons. The molecule has 0 saturated carbocycles. The fourth-order valence-electron chi connectivity index (χ4n) is 2.23. The fraction of sp³-hybridized carbons (Fsp3) is 0.176. The Hall–Kier alpha value is -3.06. The van der Waals surface area contributed by atoms with Crippen LogP contribution in [0.15, 0.2) is 48.5 Å². The van der Waals surface area contributed by atoms with E-state index in [0.29, 0.717) is 0 Å². The van der Waals surface area contributed by atoms with Crippen molar-refractivity contribution in [2.24, 2.45) is 5.73 Å². The second kappa shape index (κ2) is 7.47.